The van der Waals surface area contributed by atoms with Crippen LogP contribution in [-0.2, 0) is 26.2 Å². The van der Waals surface area contributed by atoms with Crippen LogP contribution in [0.25, 0.3) is 0 Å². The number of methoxy groups -OCH3 is 2. The number of nitrogens with one attached hydrogen (secondary N) is 1. The smallest absolute Gasteiger partial charge is 0.242 e. The van der Waals surface area contributed by atoms with Crippen molar-refractivity contribution in [3.8, 4) is 11.5 Å². The van der Waals surface area contributed by atoms with Crippen LogP contribution in [0.4, 0.5) is 5.69 Å². The van der Waals surface area contributed by atoms with Crippen LogP contribution in [0.15, 0.2) is 48.5 Å². The number of amides is 2. The molecular weight excluding hydrogens is 494 g/mol. The van der Waals surface area contributed by atoms with Gasteiger partial charge in [-0.3, -0.25) is 13.9 Å². The van der Waals surface area contributed by atoms with Crippen LogP contribution >= 0.6 is 0 Å². The van der Waals surface area contributed by atoms with Gasteiger partial charge in [0.15, 0.2) is 0 Å². The highest BCUT2D eigenvalue weighted by Gasteiger charge is 2.26. The van der Waals surface area contributed by atoms with Gasteiger partial charge in [0, 0.05) is 32.1 Å². The zero-order valence-electron chi connectivity index (χ0n) is 22.4. The van der Waals surface area contributed by atoms with Gasteiger partial charge in [0.1, 0.15) is 17.5 Å². The van der Waals surface area contributed by atoms with E-state index >= 15 is 0 Å². The molecule has 0 aliphatic carbocycles. The lowest BCUT2D eigenvalue weighted by molar-refractivity contribution is -0.140. The third kappa shape index (κ3) is 9.27. The highest BCUT2D eigenvalue weighted by atomic mass is 32.2. The van der Waals surface area contributed by atoms with Gasteiger partial charge in [-0.15, -0.1) is 0 Å². The maximum atomic E-state index is 13.3. The summed E-state index contributed by atoms with van der Waals surface area (Å²) in [4.78, 5) is 27.7. The molecule has 9 nitrogen and oxygen atoms in total. The number of rotatable bonds is 15. The molecule has 0 spiro atoms. The summed E-state index contributed by atoms with van der Waals surface area (Å²) in [6, 6.07) is 13.4. The molecule has 2 aromatic rings. The van der Waals surface area contributed by atoms with Crippen LogP contribution in [0.5, 0.6) is 11.5 Å². The Morgan fingerprint density at radius 2 is 1.68 bits per heavy atom. The number of hydrogen-bond acceptors (Lipinski definition) is 6. The molecule has 204 valence electrons. The van der Waals surface area contributed by atoms with Gasteiger partial charge in [0.05, 0.1) is 26.2 Å². The molecule has 37 heavy (non-hydrogen) atoms. The minimum Gasteiger partial charge on any atom is -0.497 e. The lowest BCUT2D eigenvalue weighted by atomic mass is 10.1. The zero-order chi connectivity index (χ0) is 27.4. The molecule has 0 aliphatic heterocycles. The second kappa shape index (κ2) is 14.5. The summed E-state index contributed by atoms with van der Waals surface area (Å²) < 4.78 is 36.7. The van der Waals surface area contributed by atoms with Crippen molar-refractivity contribution in [1.29, 1.82) is 0 Å². The van der Waals surface area contributed by atoms with Gasteiger partial charge in [-0.1, -0.05) is 31.5 Å². The first-order chi connectivity index (χ1) is 17.6. The van der Waals surface area contributed by atoms with E-state index in [-0.39, 0.29) is 37.7 Å². The molecule has 10 heteroatoms. The summed E-state index contributed by atoms with van der Waals surface area (Å²) in [6.45, 7) is 4.66. The number of anilines is 1. The van der Waals surface area contributed by atoms with Gasteiger partial charge >= 0.3 is 0 Å². The van der Waals surface area contributed by atoms with E-state index in [2.05, 4.69) is 5.32 Å². The summed E-state index contributed by atoms with van der Waals surface area (Å²) in [7, 11) is -0.486. The molecule has 0 heterocycles. The average molecular weight is 534 g/mol. The highest BCUT2D eigenvalue weighted by Crippen LogP contribution is 2.24. The van der Waals surface area contributed by atoms with Crippen LogP contribution in [0.1, 0.15) is 45.1 Å². The predicted octanol–water partition coefficient (Wildman–Crippen LogP) is 3.58. The van der Waals surface area contributed by atoms with E-state index in [4.69, 9.17) is 9.47 Å². The fourth-order valence-electron chi connectivity index (χ4n) is 3.82. The Morgan fingerprint density at radius 3 is 2.27 bits per heavy atom. The molecule has 1 N–H and O–H groups in total. The fraction of sp³-hybridized carbons (Fsp3) is 0.481. The quantitative estimate of drug-likeness (QED) is 0.351. The van der Waals surface area contributed by atoms with Crippen molar-refractivity contribution < 1.29 is 27.5 Å². The highest BCUT2D eigenvalue weighted by molar-refractivity contribution is 7.92. The Hall–Kier alpha value is -3.27. The molecule has 0 bridgehead atoms. The van der Waals surface area contributed by atoms with Crippen molar-refractivity contribution >= 4 is 27.5 Å². The Balaban J connectivity index is 2.16. The molecular formula is C27H39N3O6S. The molecule has 0 aliphatic rings. The molecule has 2 aromatic carbocycles. The molecule has 0 unspecified atom stereocenters. The van der Waals surface area contributed by atoms with Crippen molar-refractivity contribution in [2.45, 2.75) is 52.1 Å². The third-order valence-electron chi connectivity index (χ3n) is 6.00. The number of sulfonamides is 1. The van der Waals surface area contributed by atoms with Gasteiger partial charge < -0.3 is 19.7 Å². The standard InChI is InChI=1S/C27H39N3O6S/c1-6-7-17-28-27(32)21(2)29(20-22-13-15-24(35-3)16-14-22)26(31)12-9-18-30(37(5,33)34)23-10-8-11-25(19-23)36-4/h8,10-11,13-16,19,21H,6-7,9,12,17-18,20H2,1-5H3,(H,28,32)/t21-/m1/s1. The minimum absolute atomic E-state index is 0.0821. The maximum absolute atomic E-state index is 13.3. The van der Waals surface area contributed by atoms with Crippen LogP contribution in [0, 0.1) is 0 Å². The summed E-state index contributed by atoms with van der Waals surface area (Å²) in [5.74, 6) is 0.790. The Labute approximate surface area is 220 Å². The Morgan fingerprint density at radius 1 is 1.00 bits per heavy atom. The molecule has 2 rings (SSSR count). The summed E-state index contributed by atoms with van der Waals surface area (Å²) >= 11 is 0. The Bertz CT molecular complexity index is 1120. The molecule has 0 saturated heterocycles. The van der Waals surface area contributed by atoms with E-state index in [9.17, 15) is 18.0 Å². The van der Waals surface area contributed by atoms with Crippen molar-refractivity contribution in [3.05, 3.63) is 54.1 Å². The van der Waals surface area contributed by atoms with Gasteiger partial charge in [-0.25, -0.2) is 8.42 Å². The minimum atomic E-state index is -3.58. The Kier molecular flexibility index (Phi) is 11.7. The number of carbonyl (C=O) groups excluding carboxylic acids is 2. The van der Waals surface area contributed by atoms with Gasteiger partial charge in [-0.05, 0) is 49.6 Å². The number of nitrogens with zero attached hydrogens (tertiary/aromatic N) is 2. The van der Waals surface area contributed by atoms with Gasteiger partial charge in [0.2, 0.25) is 21.8 Å². The van der Waals surface area contributed by atoms with E-state index < -0.39 is 16.1 Å². The van der Waals surface area contributed by atoms with Crippen molar-refractivity contribution in [3.63, 3.8) is 0 Å². The topological polar surface area (TPSA) is 105 Å². The lowest BCUT2D eigenvalue weighted by Gasteiger charge is -2.29. The van der Waals surface area contributed by atoms with Gasteiger partial charge in [-0.2, -0.15) is 0 Å². The van der Waals surface area contributed by atoms with Gasteiger partial charge in [0.25, 0.3) is 0 Å². The van der Waals surface area contributed by atoms with E-state index in [1.165, 1.54) is 11.4 Å². The summed E-state index contributed by atoms with van der Waals surface area (Å²) in [6.07, 6.45) is 3.31. The number of benzene rings is 2. The first-order valence-corrected chi connectivity index (χ1v) is 14.3. The van der Waals surface area contributed by atoms with E-state index in [1.54, 1.807) is 43.2 Å². The predicted molar refractivity (Wildman–Crippen MR) is 145 cm³/mol. The average Bonchev–Trinajstić information content (AvgIpc) is 2.88. The van der Waals surface area contributed by atoms with Crippen LogP contribution in [0.3, 0.4) is 0 Å². The third-order valence-corrected chi connectivity index (χ3v) is 7.20. The van der Waals surface area contributed by atoms with Crippen LogP contribution in [-0.4, -0.2) is 64.7 Å². The molecule has 0 aromatic heterocycles. The second-order valence-electron chi connectivity index (χ2n) is 8.83. The molecule has 0 saturated carbocycles. The first kappa shape index (κ1) is 30.0. The lowest BCUT2D eigenvalue weighted by Crippen LogP contribution is -2.47. The van der Waals surface area contributed by atoms with Crippen LogP contribution < -0.4 is 19.1 Å². The summed E-state index contributed by atoms with van der Waals surface area (Å²) in [5.41, 5.74) is 1.32. The normalized spacial score (nSPS) is 11.9. The summed E-state index contributed by atoms with van der Waals surface area (Å²) in [5, 5.41) is 2.90. The monoisotopic (exact) mass is 533 g/mol. The molecule has 0 fully saturated rings. The number of hydrogen-bond donors (Lipinski definition) is 1. The van der Waals surface area contributed by atoms with Crippen molar-refractivity contribution in [2.75, 3.05) is 37.9 Å². The van der Waals surface area contributed by atoms with E-state index in [0.29, 0.717) is 23.7 Å². The molecule has 0 radical (unpaired) electrons. The SMILES string of the molecule is CCCCNC(=O)[C@@H](C)N(Cc1ccc(OC)cc1)C(=O)CCCN(c1cccc(OC)c1)S(C)(=O)=O. The second-order valence-corrected chi connectivity index (χ2v) is 10.7. The number of carbonyl (C=O) groups is 2. The molecule has 2 amide bonds. The van der Waals surface area contributed by atoms with Crippen molar-refractivity contribution in [1.82, 2.24) is 10.2 Å². The van der Waals surface area contributed by atoms with Crippen molar-refractivity contribution in [2.24, 2.45) is 0 Å². The zero-order valence-corrected chi connectivity index (χ0v) is 23.2. The van der Waals surface area contributed by atoms with E-state index in [0.717, 1.165) is 24.7 Å². The first-order valence-electron chi connectivity index (χ1n) is 12.4. The van der Waals surface area contributed by atoms with E-state index in [1.807, 2.05) is 31.2 Å². The number of ether oxygens (including phenoxy) is 2. The molecule has 1 atom stereocenters. The largest absolute Gasteiger partial charge is 0.497 e. The fourth-order valence-corrected chi connectivity index (χ4v) is 4.77. The number of unbranched alkanes of at least 4 members (excludes halogenated alkanes) is 1. The maximum Gasteiger partial charge on any atom is 0.242 e. The van der Waals surface area contributed by atoms with Crippen LogP contribution in [0.2, 0.25) is 0 Å².